The van der Waals surface area contributed by atoms with Crippen LogP contribution in [0, 0.1) is 0 Å². The van der Waals surface area contributed by atoms with Crippen LogP contribution in [0.25, 0.3) is 0 Å². The van der Waals surface area contributed by atoms with Gasteiger partial charge in [0, 0.05) is 25.3 Å². The summed E-state index contributed by atoms with van der Waals surface area (Å²) in [4.78, 5) is 6.20. The third kappa shape index (κ3) is 3.09. The van der Waals surface area contributed by atoms with E-state index in [1.807, 2.05) is 30.1 Å². The van der Waals surface area contributed by atoms with Crippen LogP contribution in [0.15, 0.2) is 48.7 Å². The van der Waals surface area contributed by atoms with Crippen molar-refractivity contribution >= 4 is 18.4 Å². The minimum absolute atomic E-state index is 0.395. The zero-order valence-corrected chi connectivity index (χ0v) is 10.2. The third-order valence-electron chi connectivity index (χ3n) is 2.72. The van der Waals surface area contributed by atoms with E-state index < -0.39 is 7.12 Å². The van der Waals surface area contributed by atoms with Crippen molar-refractivity contribution in [3.8, 4) is 0 Å². The number of nitrogens with zero attached hydrogens (tertiary/aromatic N) is 2. The largest absolute Gasteiger partial charge is 0.490 e. The molecule has 2 aromatic rings. The maximum absolute atomic E-state index is 8.99. The Balaban J connectivity index is 2.07. The van der Waals surface area contributed by atoms with Gasteiger partial charge in [0.05, 0.1) is 0 Å². The molecule has 1 heterocycles. The minimum atomic E-state index is -1.47. The number of hydrogen-bond acceptors (Lipinski definition) is 4. The quantitative estimate of drug-likeness (QED) is 0.762. The SMILES string of the molecule is CN(Cc1ccccc1)c1ccc(B(O)O)cn1. The van der Waals surface area contributed by atoms with E-state index in [0.29, 0.717) is 5.46 Å². The van der Waals surface area contributed by atoms with Crippen LogP contribution in [0.4, 0.5) is 5.82 Å². The topological polar surface area (TPSA) is 56.6 Å². The molecule has 2 rings (SSSR count). The van der Waals surface area contributed by atoms with E-state index in [9.17, 15) is 0 Å². The highest BCUT2D eigenvalue weighted by Gasteiger charge is 2.11. The second kappa shape index (κ2) is 5.66. The number of pyridine rings is 1. The van der Waals surface area contributed by atoms with Gasteiger partial charge in [-0.1, -0.05) is 36.4 Å². The molecule has 18 heavy (non-hydrogen) atoms. The molecule has 0 aliphatic rings. The molecule has 1 aromatic carbocycles. The minimum Gasteiger partial charge on any atom is -0.423 e. The van der Waals surface area contributed by atoms with Crippen molar-refractivity contribution in [2.75, 3.05) is 11.9 Å². The van der Waals surface area contributed by atoms with Crippen LogP contribution in [0.5, 0.6) is 0 Å². The molecule has 0 aliphatic carbocycles. The summed E-state index contributed by atoms with van der Waals surface area (Å²) in [7, 11) is 0.482. The van der Waals surface area contributed by atoms with Gasteiger partial charge in [0.15, 0.2) is 0 Å². The van der Waals surface area contributed by atoms with Crippen molar-refractivity contribution in [2.45, 2.75) is 6.54 Å². The van der Waals surface area contributed by atoms with Gasteiger partial charge in [-0.15, -0.1) is 0 Å². The predicted molar refractivity (Wildman–Crippen MR) is 72.6 cm³/mol. The van der Waals surface area contributed by atoms with E-state index >= 15 is 0 Å². The lowest BCUT2D eigenvalue weighted by atomic mass is 9.82. The molecule has 0 aliphatic heterocycles. The Labute approximate surface area is 107 Å². The molecule has 0 saturated heterocycles. The molecule has 2 N–H and O–H groups in total. The standard InChI is InChI=1S/C13H15BN2O2/c1-16(10-11-5-3-2-4-6-11)13-8-7-12(9-15-13)14(17)18/h2-9,17-18H,10H2,1H3. The molecule has 0 radical (unpaired) electrons. The van der Waals surface area contributed by atoms with Gasteiger partial charge < -0.3 is 14.9 Å². The molecule has 0 saturated carbocycles. The normalized spacial score (nSPS) is 10.2. The molecule has 5 heteroatoms. The van der Waals surface area contributed by atoms with Crippen LogP contribution >= 0.6 is 0 Å². The highest BCUT2D eigenvalue weighted by Crippen LogP contribution is 2.10. The number of aromatic nitrogens is 1. The van der Waals surface area contributed by atoms with Crippen molar-refractivity contribution in [3.63, 3.8) is 0 Å². The highest BCUT2D eigenvalue weighted by atomic mass is 16.4. The molecule has 0 unspecified atom stereocenters. The molecule has 1 aromatic heterocycles. The van der Waals surface area contributed by atoms with Gasteiger partial charge in [0.2, 0.25) is 0 Å². The molecule has 92 valence electrons. The molecular formula is C13H15BN2O2. The van der Waals surface area contributed by atoms with Crippen LogP contribution in [0.1, 0.15) is 5.56 Å². The molecular weight excluding hydrogens is 227 g/mol. The van der Waals surface area contributed by atoms with Crippen molar-refractivity contribution in [1.29, 1.82) is 0 Å². The van der Waals surface area contributed by atoms with Crippen LogP contribution in [0.3, 0.4) is 0 Å². The Morgan fingerprint density at radius 3 is 2.39 bits per heavy atom. The number of hydrogen-bond donors (Lipinski definition) is 2. The summed E-state index contributed by atoms with van der Waals surface area (Å²) in [5.41, 5.74) is 1.60. The van der Waals surface area contributed by atoms with Crippen molar-refractivity contribution < 1.29 is 10.0 Å². The van der Waals surface area contributed by atoms with E-state index in [4.69, 9.17) is 10.0 Å². The van der Waals surface area contributed by atoms with Crippen LogP contribution < -0.4 is 10.4 Å². The average Bonchev–Trinajstić information content (AvgIpc) is 2.40. The zero-order valence-electron chi connectivity index (χ0n) is 10.2. The lowest BCUT2D eigenvalue weighted by molar-refractivity contribution is 0.425. The zero-order chi connectivity index (χ0) is 13.0. The summed E-state index contributed by atoms with van der Waals surface area (Å²) < 4.78 is 0. The molecule has 0 atom stereocenters. The molecule has 0 spiro atoms. The highest BCUT2D eigenvalue weighted by molar-refractivity contribution is 6.58. The van der Waals surface area contributed by atoms with E-state index in [1.54, 1.807) is 12.1 Å². The maximum Gasteiger partial charge on any atom is 0.490 e. The molecule has 0 fully saturated rings. The first kappa shape index (κ1) is 12.6. The Bertz CT molecular complexity index is 488. The fraction of sp³-hybridized carbons (Fsp3) is 0.154. The van der Waals surface area contributed by atoms with Crippen LogP contribution in [-0.4, -0.2) is 29.2 Å². The van der Waals surface area contributed by atoms with E-state index in [-0.39, 0.29) is 0 Å². The van der Waals surface area contributed by atoms with Crippen molar-refractivity contribution in [2.24, 2.45) is 0 Å². The second-order valence-electron chi connectivity index (χ2n) is 4.17. The van der Waals surface area contributed by atoms with Gasteiger partial charge >= 0.3 is 7.12 Å². The number of rotatable bonds is 4. The number of benzene rings is 1. The van der Waals surface area contributed by atoms with Gasteiger partial charge in [-0.05, 0) is 11.6 Å². The lowest BCUT2D eigenvalue weighted by Crippen LogP contribution is -2.30. The molecule has 0 amide bonds. The summed E-state index contributed by atoms with van der Waals surface area (Å²) in [6.07, 6.45) is 1.47. The second-order valence-corrected chi connectivity index (χ2v) is 4.17. The summed E-state index contributed by atoms with van der Waals surface area (Å²) in [5, 5.41) is 18.0. The maximum atomic E-state index is 8.99. The summed E-state index contributed by atoms with van der Waals surface area (Å²) in [6, 6.07) is 13.5. The Kier molecular flexibility index (Phi) is 3.97. The van der Waals surface area contributed by atoms with Gasteiger partial charge in [-0.2, -0.15) is 0 Å². The predicted octanol–water partition coefficient (Wildman–Crippen LogP) is 0.398. The van der Waals surface area contributed by atoms with E-state index in [0.717, 1.165) is 12.4 Å². The van der Waals surface area contributed by atoms with Crippen molar-refractivity contribution in [1.82, 2.24) is 4.98 Å². The van der Waals surface area contributed by atoms with Crippen LogP contribution in [-0.2, 0) is 6.54 Å². The first-order chi connectivity index (χ1) is 8.66. The Morgan fingerprint density at radius 1 is 1.11 bits per heavy atom. The molecule has 0 bridgehead atoms. The lowest BCUT2D eigenvalue weighted by Gasteiger charge is -2.18. The van der Waals surface area contributed by atoms with E-state index in [1.165, 1.54) is 11.8 Å². The monoisotopic (exact) mass is 242 g/mol. The smallest absolute Gasteiger partial charge is 0.423 e. The summed E-state index contributed by atoms with van der Waals surface area (Å²) in [5.74, 6) is 0.795. The van der Waals surface area contributed by atoms with Crippen molar-refractivity contribution in [3.05, 3.63) is 54.2 Å². The third-order valence-corrected chi connectivity index (χ3v) is 2.72. The first-order valence-electron chi connectivity index (χ1n) is 5.74. The fourth-order valence-electron chi connectivity index (χ4n) is 1.71. The molecule has 4 nitrogen and oxygen atoms in total. The Hall–Kier alpha value is -1.85. The van der Waals surface area contributed by atoms with Gasteiger partial charge in [-0.3, -0.25) is 0 Å². The van der Waals surface area contributed by atoms with Crippen LogP contribution in [0.2, 0.25) is 0 Å². The first-order valence-corrected chi connectivity index (χ1v) is 5.74. The average molecular weight is 242 g/mol. The van der Waals surface area contributed by atoms with Gasteiger partial charge in [-0.25, -0.2) is 4.98 Å². The fourth-order valence-corrected chi connectivity index (χ4v) is 1.71. The Morgan fingerprint density at radius 2 is 1.83 bits per heavy atom. The summed E-state index contributed by atoms with van der Waals surface area (Å²) >= 11 is 0. The van der Waals surface area contributed by atoms with Gasteiger partial charge in [0.25, 0.3) is 0 Å². The van der Waals surface area contributed by atoms with E-state index in [2.05, 4.69) is 17.1 Å². The van der Waals surface area contributed by atoms with Gasteiger partial charge in [0.1, 0.15) is 5.82 Å². The summed E-state index contributed by atoms with van der Waals surface area (Å²) in [6.45, 7) is 0.759. The number of anilines is 1.